The van der Waals surface area contributed by atoms with Gasteiger partial charge in [-0.25, -0.2) is 0 Å². The van der Waals surface area contributed by atoms with Gasteiger partial charge in [-0.05, 0) is 54.8 Å². The molecule has 1 fully saturated rings. The molecule has 1 aliphatic heterocycles. The van der Waals surface area contributed by atoms with Crippen LogP contribution in [0.4, 0.5) is 0 Å². The van der Waals surface area contributed by atoms with Gasteiger partial charge in [0.2, 0.25) is 0 Å². The minimum atomic E-state index is -4.41. The van der Waals surface area contributed by atoms with Gasteiger partial charge in [-0.15, -0.1) is 9.35 Å². The number of aryl methyl sites for hydroxylation is 1. The minimum Gasteiger partial charge on any atom is -0.271 e. The number of aromatic nitrogens is 2. The Balaban J connectivity index is 1.65. The Hall–Kier alpha value is -3.43. The maximum atomic E-state index is 13.2. The van der Waals surface area contributed by atoms with E-state index in [-0.39, 0.29) is 4.90 Å². The van der Waals surface area contributed by atoms with E-state index in [1.165, 1.54) is 24.5 Å². The van der Waals surface area contributed by atoms with Crippen LogP contribution in [0.3, 0.4) is 0 Å². The summed E-state index contributed by atoms with van der Waals surface area (Å²) in [5.41, 5.74) is 1.65. The van der Waals surface area contributed by atoms with Crippen LogP contribution in [0.5, 0.6) is 0 Å². The van der Waals surface area contributed by atoms with E-state index < -0.39 is 33.8 Å². The van der Waals surface area contributed by atoms with Gasteiger partial charge < -0.3 is 0 Å². The van der Waals surface area contributed by atoms with E-state index in [2.05, 4.69) is 16.9 Å². The molecular formula is C24H23N3O5S. The van der Waals surface area contributed by atoms with E-state index in [0.29, 0.717) is 16.5 Å². The average Bonchev–Trinajstić information content (AvgIpc) is 3.08. The summed E-state index contributed by atoms with van der Waals surface area (Å²) in [5, 5.41) is 0.332. The number of imide groups is 1. The van der Waals surface area contributed by atoms with Crippen molar-refractivity contribution in [3.8, 4) is 0 Å². The number of benzene rings is 1. The SMILES string of the molecule is CCCCc1ccc(S(=O)(=O)ON2C(=O)C(c3ccccn3)C(c3ccccn3)C2=O)cc1. The van der Waals surface area contributed by atoms with Gasteiger partial charge in [0.05, 0.1) is 16.3 Å². The van der Waals surface area contributed by atoms with Gasteiger partial charge in [0, 0.05) is 12.4 Å². The Labute approximate surface area is 192 Å². The zero-order chi connectivity index (χ0) is 23.4. The largest absolute Gasteiger partial charge is 0.318 e. The molecule has 2 unspecified atom stereocenters. The fourth-order valence-corrected chi connectivity index (χ4v) is 4.68. The summed E-state index contributed by atoms with van der Waals surface area (Å²) in [4.78, 5) is 34.7. The highest BCUT2D eigenvalue weighted by Gasteiger charge is 2.53. The number of amides is 2. The smallest absolute Gasteiger partial charge is 0.271 e. The molecule has 33 heavy (non-hydrogen) atoms. The monoisotopic (exact) mass is 465 g/mol. The van der Waals surface area contributed by atoms with E-state index in [9.17, 15) is 18.0 Å². The van der Waals surface area contributed by atoms with Crippen molar-refractivity contribution in [1.29, 1.82) is 0 Å². The molecule has 0 saturated carbocycles. The third-order valence-corrected chi connectivity index (χ3v) is 6.68. The lowest BCUT2D eigenvalue weighted by molar-refractivity contribution is -0.164. The third-order valence-electron chi connectivity index (χ3n) is 5.48. The second-order valence-electron chi connectivity index (χ2n) is 7.71. The molecule has 4 rings (SSSR count). The number of hydrogen-bond donors (Lipinski definition) is 0. The zero-order valence-corrected chi connectivity index (χ0v) is 18.8. The number of rotatable bonds is 8. The number of carbonyl (C=O) groups is 2. The highest BCUT2D eigenvalue weighted by Crippen LogP contribution is 2.41. The maximum absolute atomic E-state index is 13.2. The highest BCUT2D eigenvalue weighted by atomic mass is 32.2. The van der Waals surface area contributed by atoms with Crippen molar-refractivity contribution >= 4 is 21.9 Å². The van der Waals surface area contributed by atoms with Crippen molar-refractivity contribution in [2.45, 2.75) is 42.9 Å². The Morgan fingerprint density at radius 3 is 1.85 bits per heavy atom. The molecule has 9 heteroatoms. The van der Waals surface area contributed by atoms with Gasteiger partial charge in [0.15, 0.2) is 0 Å². The first kappa shape index (κ1) is 22.8. The fourth-order valence-electron chi connectivity index (χ4n) is 3.78. The number of carbonyl (C=O) groups excluding carboxylic acids is 2. The van der Waals surface area contributed by atoms with Crippen molar-refractivity contribution in [3.63, 3.8) is 0 Å². The summed E-state index contributed by atoms with van der Waals surface area (Å²) in [6.45, 7) is 2.08. The molecule has 0 aliphatic carbocycles. The Kier molecular flexibility index (Phi) is 6.62. The maximum Gasteiger partial charge on any atom is 0.318 e. The van der Waals surface area contributed by atoms with Gasteiger partial charge in [0.25, 0.3) is 11.8 Å². The summed E-state index contributed by atoms with van der Waals surface area (Å²) in [6.07, 6.45) is 5.85. The van der Waals surface area contributed by atoms with Crippen molar-refractivity contribution in [2.75, 3.05) is 0 Å². The predicted molar refractivity (Wildman–Crippen MR) is 119 cm³/mol. The van der Waals surface area contributed by atoms with E-state index in [1.807, 2.05) is 0 Å². The van der Waals surface area contributed by atoms with Gasteiger partial charge in [-0.1, -0.05) is 37.6 Å². The minimum absolute atomic E-state index is 0.140. The number of hydrogen-bond acceptors (Lipinski definition) is 7. The summed E-state index contributed by atoms with van der Waals surface area (Å²) in [7, 11) is -4.41. The number of hydroxylamine groups is 2. The normalized spacial score (nSPS) is 18.6. The second-order valence-corrected chi connectivity index (χ2v) is 9.24. The molecule has 1 aromatic carbocycles. The lowest BCUT2D eigenvalue weighted by Crippen LogP contribution is -2.33. The van der Waals surface area contributed by atoms with Crippen LogP contribution in [-0.4, -0.2) is 35.3 Å². The van der Waals surface area contributed by atoms with Crippen LogP contribution in [-0.2, 0) is 30.4 Å². The quantitative estimate of drug-likeness (QED) is 0.470. The van der Waals surface area contributed by atoms with E-state index in [0.717, 1.165) is 24.8 Å². The van der Waals surface area contributed by atoms with Crippen LogP contribution < -0.4 is 0 Å². The number of pyridine rings is 2. The summed E-state index contributed by atoms with van der Waals surface area (Å²) in [6, 6.07) is 16.2. The van der Waals surface area contributed by atoms with E-state index in [1.54, 1.807) is 48.5 Å². The van der Waals surface area contributed by atoms with E-state index in [4.69, 9.17) is 4.28 Å². The predicted octanol–water partition coefficient (Wildman–Crippen LogP) is 3.38. The highest BCUT2D eigenvalue weighted by molar-refractivity contribution is 7.86. The molecule has 3 aromatic rings. The summed E-state index contributed by atoms with van der Waals surface area (Å²) >= 11 is 0. The van der Waals surface area contributed by atoms with E-state index >= 15 is 0 Å². The number of nitrogens with zero attached hydrogens (tertiary/aromatic N) is 3. The van der Waals surface area contributed by atoms with Crippen molar-refractivity contribution < 1.29 is 22.3 Å². The lowest BCUT2D eigenvalue weighted by Gasteiger charge is -2.14. The molecule has 2 aromatic heterocycles. The van der Waals surface area contributed by atoms with Crippen molar-refractivity contribution in [2.24, 2.45) is 0 Å². The van der Waals surface area contributed by atoms with Gasteiger partial charge >= 0.3 is 10.1 Å². The molecule has 0 N–H and O–H groups in total. The Bertz CT molecular complexity index is 1170. The lowest BCUT2D eigenvalue weighted by atomic mass is 9.88. The average molecular weight is 466 g/mol. The molecule has 0 spiro atoms. The van der Waals surface area contributed by atoms with Crippen LogP contribution in [0.1, 0.15) is 48.6 Å². The van der Waals surface area contributed by atoms with Crippen LogP contribution in [0.25, 0.3) is 0 Å². The first-order valence-corrected chi connectivity index (χ1v) is 12.1. The second kappa shape index (κ2) is 9.60. The van der Waals surface area contributed by atoms with Crippen LogP contribution in [0.15, 0.2) is 78.0 Å². The molecular weight excluding hydrogens is 442 g/mol. The molecule has 0 radical (unpaired) electrons. The summed E-state index contributed by atoms with van der Waals surface area (Å²) < 4.78 is 30.9. The van der Waals surface area contributed by atoms with Crippen LogP contribution >= 0.6 is 0 Å². The van der Waals surface area contributed by atoms with Gasteiger partial charge in [0.1, 0.15) is 11.8 Å². The van der Waals surface area contributed by atoms with Crippen molar-refractivity contribution in [1.82, 2.24) is 15.0 Å². The standard InChI is InChI=1S/C24H23N3O5S/c1-2-3-8-17-11-13-18(14-12-17)33(30,31)32-27-23(28)21(19-9-4-6-15-25-19)22(24(27)29)20-10-5-7-16-26-20/h4-7,9-16,21-22H,2-3,8H2,1H3. The molecule has 1 aliphatic rings. The molecule has 170 valence electrons. The van der Waals surface area contributed by atoms with Gasteiger partial charge in [-0.3, -0.25) is 19.6 Å². The Morgan fingerprint density at radius 2 is 1.39 bits per heavy atom. The molecule has 2 amide bonds. The van der Waals surface area contributed by atoms with Gasteiger partial charge in [-0.2, -0.15) is 8.42 Å². The van der Waals surface area contributed by atoms with Crippen LogP contribution in [0, 0.1) is 0 Å². The molecule has 2 atom stereocenters. The zero-order valence-electron chi connectivity index (χ0n) is 18.0. The first-order chi connectivity index (χ1) is 15.9. The molecule has 1 saturated heterocycles. The fraction of sp³-hybridized carbons (Fsp3) is 0.250. The molecule has 0 bridgehead atoms. The van der Waals surface area contributed by atoms with Crippen molar-refractivity contribution in [3.05, 3.63) is 90.0 Å². The Morgan fingerprint density at radius 1 is 0.848 bits per heavy atom. The first-order valence-electron chi connectivity index (χ1n) is 10.7. The molecule has 8 nitrogen and oxygen atoms in total. The topological polar surface area (TPSA) is 107 Å². The number of unbranched alkanes of at least 4 members (excludes halogenated alkanes) is 1. The third kappa shape index (κ3) is 4.69. The van der Waals surface area contributed by atoms with Crippen LogP contribution in [0.2, 0.25) is 0 Å². The molecule has 3 heterocycles. The summed E-state index contributed by atoms with van der Waals surface area (Å²) in [5.74, 6) is -3.73.